The molecule has 1 N–H and O–H groups in total. The Hall–Kier alpha value is -2.67. The van der Waals surface area contributed by atoms with Crippen LogP contribution < -0.4 is 10.2 Å². The lowest BCUT2D eigenvalue weighted by Gasteiger charge is -2.29. The van der Waals surface area contributed by atoms with E-state index in [0.29, 0.717) is 12.2 Å². The van der Waals surface area contributed by atoms with Crippen molar-refractivity contribution in [1.29, 1.82) is 0 Å². The summed E-state index contributed by atoms with van der Waals surface area (Å²) in [6.07, 6.45) is 1.74. The molecule has 7 heteroatoms. The molecule has 0 aliphatic carbocycles. The number of carbonyl (C=O) groups excluding carboxylic acids is 2. The number of para-hydroxylation sites is 1. The number of nitrogens with one attached hydrogen (secondary N) is 1. The molecule has 0 atom stereocenters. The number of fused-ring (bicyclic) bond motifs is 1. The molecule has 27 heavy (non-hydrogen) atoms. The monoisotopic (exact) mass is 386 g/mol. The van der Waals surface area contributed by atoms with Crippen LogP contribution in [0.15, 0.2) is 53.4 Å². The molecule has 0 unspecified atom stereocenters. The molecule has 2 aromatic rings. The van der Waals surface area contributed by atoms with E-state index in [9.17, 15) is 18.0 Å². The molecular formula is C20H22N2O4S. The molecule has 0 fully saturated rings. The summed E-state index contributed by atoms with van der Waals surface area (Å²) in [6, 6.07) is 13.7. The zero-order valence-corrected chi connectivity index (χ0v) is 16.0. The van der Waals surface area contributed by atoms with Crippen molar-refractivity contribution in [2.75, 3.05) is 22.5 Å². The van der Waals surface area contributed by atoms with Gasteiger partial charge in [0.1, 0.15) is 0 Å². The van der Waals surface area contributed by atoms with Gasteiger partial charge in [0, 0.05) is 31.3 Å². The minimum absolute atomic E-state index is 0.0654. The van der Waals surface area contributed by atoms with Gasteiger partial charge >= 0.3 is 0 Å². The van der Waals surface area contributed by atoms with Crippen molar-refractivity contribution >= 4 is 33.0 Å². The molecule has 2 aromatic carbocycles. The van der Waals surface area contributed by atoms with Gasteiger partial charge in [-0.2, -0.15) is 0 Å². The lowest BCUT2D eigenvalue weighted by molar-refractivity contribution is -0.118. The van der Waals surface area contributed by atoms with Crippen molar-refractivity contribution in [1.82, 2.24) is 0 Å². The van der Waals surface area contributed by atoms with Crippen LogP contribution in [0.5, 0.6) is 0 Å². The molecule has 6 nitrogen and oxygen atoms in total. The normalized spacial score (nSPS) is 13.7. The van der Waals surface area contributed by atoms with Gasteiger partial charge in [0.25, 0.3) is 0 Å². The van der Waals surface area contributed by atoms with Crippen LogP contribution >= 0.6 is 0 Å². The summed E-state index contributed by atoms with van der Waals surface area (Å²) >= 11 is 0. The van der Waals surface area contributed by atoms with E-state index in [0.717, 1.165) is 24.1 Å². The molecule has 0 saturated heterocycles. The van der Waals surface area contributed by atoms with Crippen LogP contribution in [0.4, 0.5) is 11.4 Å². The second kappa shape index (κ2) is 7.92. The topological polar surface area (TPSA) is 83.5 Å². The minimum atomic E-state index is -3.58. The average molecular weight is 386 g/mol. The van der Waals surface area contributed by atoms with E-state index in [1.165, 1.54) is 31.2 Å². The number of hydrogen-bond acceptors (Lipinski definition) is 4. The van der Waals surface area contributed by atoms with Crippen LogP contribution in [0.1, 0.15) is 25.3 Å². The van der Waals surface area contributed by atoms with Gasteiger partial charge in [-0.3, -0.25) is 9.59 Å². The number of carbonyl (C=O) groups is 2. The molecule has 0 bridgehead atoms. The number of rotatable bonds is 5. The summed E-state index contributed by atoms with van der Waals surface area (Å²) < 4.78 is 25.1. The maximum atomic E-state index is 12.6. The van der Waals surface area contributed by atoms with Crippen LogP contribution in [0, 0.1) is 0 Å². The largest absolute Gasteiger partial charge is 0.326 e. The molecule has 0 radical (unpaired) electrons. The first-order valence-corrected chi connectivity index (χ1v) is 10.5. The maximum absolute atomic E-state index is 12.6. The number of nitrogens with zero attached hydrogens (tertiary/aromatic N) is 1. The number of hydrogen-bond donors (Lipinski definition) is 1. The molecular weight excluding hydrogens is 364 g/mol. The van der Waals surface area contributed by atoms with Crippen molar-refractivity contribution in [3.8, 4) is 0 Å². The minimum Gasteiger partial charge on any atom is -0.326 e. The third kappa shape index (κ3) is 4.54. The molecule has 1 heterocycles. The van der Waals surface area contributed by atoms with Gasteiger partial charge in [-0.1, -0.05) is 18.2 Å². The summed E-state index contributed by atoms with van der Waals surface area (Å²) in [4.78, 5) is 25.5. The van der Waals surface area contributed by atoms with E-state index >= 15 is 0 Å². The van der Waals surface area contributed by atoms with Gasteiger partial charge in [0.05, 0.1) is 10.6 Å². The highest BCUT2D eigenvalue weighted by atomic mass is 32.2. The van der Waals surface area contributed by atoms with Gasteiger partial charge < -0.3 is 10.2 Å². The molecule has 0 aromatic heterocycles. The highest BCUT2D eigenvalue weighted by molar-refractivity contribution is 7.91. The number of anilines is 2. The standard InChI is InChI=1S/C20H22N2O4S/c1-15(23)21-17-8-10-18(11-9-17)27(25,26)14-12-20(24)22-13-4-6-16-5-2-3-7-19(16)22/h2-3,5,7-11H,4,6,12-14H2,1H3,(H,21,23). The van der Waals surface area contributed by atoms with Crippen LogP contribution in [-0.2, 0) is 25.8 Å². The molecule has 1 aliphatic rings. The van der Waals surface area contributed by atoms with Crippen LogP contribution in [0.2, 0.25) is 0 Å². The summed E-state index contributed by atoms with van der Waals surface area (Å²) in [5.41, 5.74) is 2.53. The quantitative estimate of drug-likeness (QED) is 0.856. The van der Waals surface area contributed by atoms with Crippen molar-refractivity contribution in [2.24, 2.45) is 0 Å². The first-order chi connectivity index (χ1) is 12.9. The van der Waals surface area contributed by atoms with Gasteiger partial charge in [-0.25, -0.2) is 8.42 Å². The summed E-state index contributed by atoms with van der Waals surface area (Å²) in [5.74, 6) is -0.650. The smallest absolute Gasteiger partial charge is 0.228 e. The van der Waals surface area contributed by atoms with Crippen LogP contribution in [0.3, 0.4) is 0 Å². The Morgan fingerprint density at radius 2 is 1.78 bits per heavy atom. The molecule has 1 aliphatic heterocycles. The van der Waals surface area contributed by atoms with E-state index in [-0.39, 0.29) is 28.9 Å². The summed E-state index contributed by atoms with van der Waals surface area (Å²) in [7, 11) is -3.58. The van der Waals surface area contributed by atoms with Gasteiger partial charge in [-0.15, -0.1) is 0 Å². The lowest BCUT2D eigenvalue weighted by Crippen LogP contribution is -2.36. The Balaban J connectivity index is 1.67. The van der Waals surface area contributed by atoms with Crippen molar-refractivity contribution in [2.45, 2.75) is 31.1 Å². The van der Waals surface area contributed by atoms with Crippen LogP contribution in [0.25, 0.3) is 0 Å². The Bertz CT molecular complexity index is 952. The van der Waals surface area contributed by atoms with E-state index in [2.05, 4.69) is 5.32 Å². The third-order valence-corrected chi connectivity index (χ3v) is 6.26. The fraction of sp³-hybridized carbons (Fsp3) is 0.300. The Kier molecular flexibility index (Phi) is 5.60. The van der Waals surface area contributed by atoms with E-state index in [1.54, 1.807) is 4.90 Å². The number of aryl methyl sites for hydroxylation is 1. The molecule has 3 rings (SSSR count). The number of benzene rings is 2. The fourth-order valence-electron chi connectivity index (χ4n) is 3.22. The van der Waals surface area contributed by atoms with Crippen molar-refractivity contribution in [3.05, 3.63) is 54.1 Å². The Morgan fingerprint density at radius 1 is 1.07 bits per heavy atom. The Morgan fingerprint density at radius 3 is 2.48 bits per heavy atom. The number of sulfone groups is 1. The maximum Gasteiger partial charge on any atom is 0.228 e. The van der Waals surface area contributed by atoms with Gasteiger partial charge in [-0.05, 0) is 48.7 Å². The predicted molar refractivity (Wildman–Crippen MR) is 105 cm³/mol. The second-order valence-corrected chi connectivity index (χ2v) is 8.66. The number of amides is 2. The van der Waals surface area contributed by atoms with Crippen molar-refractivity contribution in [3.63, 3.8) is 0 Å². The molecule has 2 amide bonds. The van der Waals surface area contributed by atoms with E-state index in [4.69, 9.17) is 0 Å². The third-order valence-electron chi connectivity index (χ3n) is 4.53. The molecule has 0 spiro atoms. The second-order valence-electron chi connectivity index (χ2n) is 6.55. The van der Waals surface area contributed by atoms with Crippen molar-refractivity contribution < 1.29 is 18.0 Å². The van der Waals surface area contributed by atoms with Gasteiger partial charge in [0.15, 0.2) is 9.84 Å². The zero-order chi connectivity index (χ0) is 19.4. The average Bonchev–Trinajstić information content (AvgIpc) is 2.65. The highest BCUT2D eigenvalue weighted by Crippen LogP contribution is 2.27. The zero-order valence-electron chi connectivity index (χ0n) is 15.1. The lowest BCUT2D eigenvalue weighted by atomic mass is 10.0. The summed E-state index contributed by atoms with van der Waals surface area (Å²) in [5, 5.41) is 2.59. The Labute approximate surface area is 159 Å². The van der Waals surface area contributed by atoms with Gasteiger partial charge in [0.2, 0.25) is 11.8 Å². The van der Waals surface area contributed by atoms with Crippen LogP contribution in [-0.4, -0.2) is 32.5 Å². The summed E-state index contributed by atoms with van der Waals surface area (Å²) in [6.45, 7) is 2.00. The first kappa shape index (κ1) is 19.1. The highest BCUT2D eigenvalue weighted by Gasteiger charge is 2.24. The van der Waals surface area contributed by atoms with E-state index < -0.39 is 9.84 Å². The predicted octanol–water partition coefficient (Wildman–Crippen LogP) is 2.79. The van der Waals surface area contributed by atoms with E-state index in [1.807, 2.05) is 24.3 Å². The first-order valence-electron chi connectivity index (χ1n) is 8.85. The SMILES string of the molecule is CC(=O)Nc1ccc(S(=O)(=O)CCC(=O)N2CCCc3ccccc32)cc1. The molecule has 142 valence electrons. The molecule has 0 saturated carbocycles. The fourth-order valence-corrected chi connectivity index (χ4v) is 4.45.